The fourth-order valence-corrected chi connectivity index (χ4v) is 4.47. The first-order valence-electron chi connectivity index (χ1n) is 6.87. The van der Waals surface area contributed by atoms with Crippen LogP contribution in [0.15, 0.2) is 11.6 Å². The average Bonchev–Trinajstić information content (AvgIpc) is 2.58. The van der Waals surface area contributed by atoms with Crippen LogP contribution in [0.1, 0.15) is 46.5 Å². The second kappa shape index (κ2) is 3.45. The Morgan fingerprint density at radius 2 is 2.17 bits per heavy atom. The molecular formula is C15H22O3. The molecule has 3 rings (SSSR count). The third-order valence-corrected chi connectivity index (χ3v) is 5.94. The molecule has 0 aromatic rings. The number of Topliss-reactive ketones (excluding diaryl/α,β-unsaturated/α-hetero) is 1. The maximum Gasteiger partial charge on any atom is 0.165 e. The van der Waals surface area contributed by atoms with Gasteiger partial charge in [-0.1, -0.05) is 19.9 Å². The monoisotopic (exact) mass is 250 g/mol. The highest BCUT2D eigenvalue weighted by molar-refractivity contribution is 5.90. The van der Waals surface area contributed by atoms with E-state index >= 15 is 0 Å². The number of aliphatic hydroxyl groups excluding tert-OH is 1. The number of rotatable bonds is 1. The molecule has 0 radical (unpaired) electrons. The highest BCUT2D eigenvalue weighted by Gasteiger charge is 2.69. The molecule has 1 spiro atoms. The van der Waals surface area contributed by atoms with Crippen LogP contribution in [0, 0.1) is 10.8 Å². The van der Waals surface area contributed by atoms with Gasteiger partial charge in [-0.05, 0) is 37.2 Å². The quantitative estimate of drug-likeness (QED) is 0.726. The van der Waals surface area contributed by atoms with Gasteiger partial charge in [0.25, 0.3) is 0 Å². The van der Waals surface area contributed by atoms with E-state index in [0.717, 1.165) is 24.8 Å². The van der Waals surface area contributed by atoms with Crippen molar-refractivity contribution in [2.75, 3.05) is 6.61 Å². The van der Waals surface area contributed by atoms with Gasteiger partial charge in [0, 0.05) is 11.8 Å². The largest absolute Gasteiger partial charge is 0.392 e. The lowest BCUT2D eigenvalue weighted by Gasteiger charge is -2.55. The molecule has 1 saturated carbocycles. The first kappa shape index (κ1) is 12.4. The smallest absolute Gasteiger partial charge is 0.165 e. The number of carbonyl (C=O) groups excluding carboxylic acids is 1. The Labute approximate surface area is 108 Å². The van der Waals surface area contributed by atoms with Gasteiger partial charge in [0.2, 0.25) is 0 Å². The van der Waals surface area contributed by atoms with Crippen molar-refractivity contribution in [3.63, 3.8) is 0 Å². The Morgan fingerprint density at radius 1 is 1.44 bits per heavy atom. The number of allylic oxidation sites excluding steroid dienone is 1. The lowest BCUT2D eigenvalue weighted by molar-refractivity contribution is -0.169. The van der Waals surface area contributed by atoms with E-state index < -0.39 is 5.60 Å². The predicted octanol–water partition coefficient (Wildman–Crippen LogP) is 2.23. The Balaban J connectivity index is 2.12. The summed E-state index contributed by atoms with van der Waals surface area (Å²) in [5, 5.41) is 9.39. The molecular weight excluding hydrogens is 228 g/mol. The summed E-state index contributed by atoms with van der Waals surface area (Å²) in [6, 6.07) is 0. The molecule has 1 saturated heterocycles. The minimum absolute atomic E-state index is 0.0471. The molecule has 2 fully saturated rings. The second-order valence-corrected chi connectivity index (χ2v) is 6.87. The molecule has 2 bridgehead atoms. The number of hydrogen-bond acceptors (Lipinski definition) is 3. The summed E-state index contributed by atoms with van der Waals surface area (Å²) in [5.74, 6) is 0.247. The summed E-state index contributed by atoms with van der Waals surface area (Å²) in [5.41, 5.74) is 0.327. The SMILES string of the molecule is CC1(C)CCC(=O)[C@]2(C)OC3C[C@]12CC=C3CO. The third kappa shape index (κ3) is 1.19. The number of carbonyl (C=O) groups is 1. The van der Waals surface area contributed by atoms with Gasteiger partial charge in [0.1, 0.15) is 5.60 Å². The number of ether oxygens (including phenoxy) is 1. The van der Waals surface area contributed by atoms with E-state index in [1.807, 2.05) is 6.92 Å². The minimum atomic E-state index is -0.660. The Bertz CT molecular complexity index is 437. The Hall–Kier alpha value is -0.670. The van der Waals surface area contributed by atoms with Crippen LogP contribution < -0.4 is 0 Å². The van der Waals surface area contributed by atoms with Gasteiger partial charge in [0.05, 0.1) is 12.7 Å². The molecule has 0 aromatic heterocycles. The molecule has 0 amide bonds. The summed E-state index contributed by atoms with van der Waals surface area (Å²) in [6.07, 6.45) is 5.35. The first-order valence-corrected chi connectivity index (χ1v) is 6.87. The first-order chi connectivity index (χ1) is 8.36. The number of ketones is 1. The molecule has 3 heteroatoms. The van der Waals surface area contributed by atoms with Crippen LogP contribution in [0.5, 0.6) is 0 Å². The average molecular weight is 250 g/mol. The van der Waals surface area contributed by atoms with Gasteiger partial charge in [-0.3, -0.25) is 4.79 Å². The van der Waals surface area contributed by atoms with Gasteiger partial charge in [-0.25, -0.2) is 0 Å². The Morgan fingerprint density at radius 3 is 2.83 bits per heavy atom. The van der Waals surface area contributed by atoms with Crippen molar-refractivity contribution in [3.8, 4) is 0 Å². The van der Waals surface area contributed by atoms with Crippen molar-refractivity contribution < 1.29 is 14.6 Å². The zero-order valence-corrected chi connectivity index (χ0v) is 11.5. The van der Waals surface area contributed by atoms with E-state index in [0.29, 0.717) is 6.42 Å². The fraction of sp³-hybridized carbons (Fsp3) is 0.800. The van der Waals surface area contributed by atoms with E-state index in [-0.39, 0.29) is 29.3 Å². The van der Waals surface area contributed by atoms with Gasteiger partial charge in [0.15, 0.2) is 5.78 Å². The van der Waals surface area contributed by atoms with Crippen LogP contribution in [-0.4, -0.2) is 29.2 Å². The molecule has 3 atom stereocenters. The predicted molar refractivity (Wildman–Crippen MR) is 68.1 cm³/mol. The van der Waals surface area contributed by atoms with Crippen molar-refractivity contribution in [1.82, 2.24) is 0 Å². The van der Waals surface area contributed by atoms with Crippen LogP contribution in [0.25, 0.3) is 0 Å². The molecule has 1 heterocycles. The van der Waals surface area contributed by atoms with Crippen LogP contribution in [0.2, 0.25) is 0 Å². The molecule has 1 N–H and O–H groups in total. The van der Waals surface area contributed by atoms with Gasteiger partial charge in [-0.2, -0.15) is 0 Å². The molecule has 0 aromatic carbocycles. The normalized spacial score (nSPS) is 45.7. The van der Waals surface area contributed by atoms with Crippen molar-refractivity contribution in [3.05, 3.63) is 11.6 Å². The van der Waals surface area contributed by atoms with Crippen molar-refractivity contribution >= 4 is 5.78 Å². The van der Waals surface area contributed by atoms with Crippen LogP contribution in [0.3, 0.4) is 0 Å². The minimum Gasteiger partial charge on any atom is -0.392 e. The molecule has 3 nitrogen and oxygen atoms in total. The van der Waals surface area contributed by atoms with Gasteiger partial charge < -0.3 is 9.84 Å². The van der Waals surface area contributed by atoms with Gasteiger partial charge >= 0.3 is 0 Å². The topological polar surface area (TPSA) is 46.5 Å². The maximum atomic E-state index is 12.4. The Kier molecular flexibility index (Phi) is 2.37. The molecule has 1 aliphatic heterocycles. The third-order valence-electron chi connectivity index (χ3n) is 5.94. The lowest BCUT2D eigenvalue weighted by atomic mass is 9.48. The summed E-state index contributed by atoms with van der Waals surface area (Å²) in [7, 11) is 0. The summed E-state index contributed by atoms with van der Waals surface area (Å²) in [6.45, 7) is 6.55. The van der Waals surface area contributed by atoms with E-state index in [1.54, 1.807) is 0 Å². The zero-order valence-electron chi connectivity index (χ0n) is 11.5. The molecule has 3 aliphatic rings. The second-order valence-electron chi connectivity index (χ2n) is 6.87. The highest BCUT2D eigenvalue weighted by Crippen LogP contribution is 2.66. The molecule has 18 heavy (non-hydrogen) atoms. The van der Waals surface area contributed by atoms with E-state index in [1.165, 1.54) is 0 Å². The summed E-state index contributed by atoms with van der Waals surface area (Å²) in [4.78, 5) is 12.4. The van der Waals surface area contributed by atoms with Crippen molar-refractivity contribution in [2.45, 2.75) is 58.2 Å². The lowest BCUT2D eigenvalue weighted by Crippen LogP contribution is -2.59. The summed E-state index contributed by atoms with van der Waals surface area (Å²) < 4.78 is 6.14. The molecule has 1 unspecified atom stereocenters. The number of hydrogen-bond donors (Lipinski definition) is 1. The summed E-state index contributed by atoms with van der Waals surface area (Å²) >= 11 is 0. The van der Waals surface area contributed by atoms with Crippen LogP contribution >= 0.6 is 0 Å². The van der Waals surface area contributed by atoms with Gasteiger partial charge in [-0.15, -0.1) is 0 Å². The van der Waals surface area contributed by atoms with Crippen LogP contribution in [-0.2, 0) is 9.53 Å². The molecule has 100 valence electrons. The van der Waals surface area contributed by atoms with Crippen molar-refractivity contribution in [1.29, 1.82) is 0 Å². The highest BCUT2D eigenvalue weighted by atomic mass is 16.5. The fourth-order valence-electron chi connectivity index (χ4n) is 4.47. The van der Waals surface area contributed by atoms with E-state index in [9.17, 15) is 9.90 Å². The van der Waals surface area contributed by atoms with Crippen LogP contribution in [0.4, 0.5) is 0 Å². The van der Waals surface area contributed by atoms with E-state index in [2.05, 4.69) is 19.9 Å². The maximum absolute atomic E-state index is 12.4. The number of fused-ring (bicyclic) bond motifs is 1. The molecule has 2 aliphatic carbocycles. The zero-order chi connectivity index (χ0) is 13.2. The standard InChI is InChI=1S/C15H22O3/c1-13(2)6-5-12(17)14(3)15(13)7-4-10(9-16)11(8-15)18-14/h4,11,16H,5-9H2,1-3H3/t11?,14-,15+/m0/s1. The number of aliphatic hydroxyl groups is 1. The van der Waals surface area contributed by atoms with E-state index in [4.69, 9.17) is 4.74 Å². The van der Waals surface area contributed by atoms with Crippen molar-refractivity contribution in [2.24, 2.45) is 10.8 Å².